The second kappa shape index (κ2) is 6.61. The van der Waals surface area contributed by atoms with E-state index in [1.54, 1.807) is 18.2 Å². The van der Waals surface area contributed by atoms with Crippen LogP contribution in [0.4, 0.5) is 5.69 Å². The number of aliphatic hydroxyl groups excluding tert-OH is 1. The van der Waals surface area contributed by atoms with Crippen LogP contribution in [0.15, 0.2) is 18.2 Å². The summed E-state index contributed by atoms with van der Waals surface area (Å²) < 4.78 is 5.10. The summed E-state index contributed by atoms with van der Waals surface area (Å²) in [6.45, 7) is 0.507. The second-order valence-corrected chi connectivity index (χ2v) is 5.28. The minimum atomic E-state index is -0.301. The molecule has 1 fully saturated rings. The van der Waals surface area contributed by atoms with Gasteiger partial charge in [0.25, 0.3) is 5.91 Å². The maximum absolute atomic E-state index is 12.1. The number of aliphatic hydroxyl groups is 1. The van der Waals surface area contributed by atoms with Gasteiger partial charge in [-0.1, -0.05) is 12.8 Å². The van der Waals surface area contributed by atoms with Gasteiger partial charge in [0.2, 0.25) is 0 Å². The number of hydrogen-bond acceptors (Lipinski definition) is 4. The van der Waals surface area contributed by atoms with Gasteiger partial charge in [0, 0.05) is 18.0 Å². The fraction of sp³-hybridized carbons (Fsp3) is 0.533. The van der Waals surface area contributed by atoms with Crippen LogP contribution >= 0.6 is 0 Å². The number of anilines is 1. The summed E-state index contributed by atoms with van der Waals surface area (Å²) in [5.41, 5.74) is 6.74. The SMILES string of the molecule is COc1cc(C(=O)NCC2CCCCC2O)ccc1N. The highest BCUT2D eigenvalue weighted by molar-refractivity contribution is 5.95. The van der Waals surface area contributed by atoms with E-state index in [2.05, 4.69) is 5.32 Å². The number of carbonyl (C=O) groups is 1. The Morgan fingerprint density at radius 1 is 1.45 bits per heavy atom. The van der Waals surface area contributed by atoms with Crippen molar-refractivity contribution in [2.75, 3.05) is 19.4 Å². The highest BCUT2D eigenvalue weighted by Crippen LogP contribution is 2.24. The first-order chi connectivity index (χ1) is 9.61. The number of nitrogens with one attached hydrogen (secondary N) is 1. The van der Waals surface area contributed by atoms with Crippen LogP contribution < -0.4 is 15.8 Å². The summed E-state index contributed by atoms with van der Waals surface area (Å²) in [5, 5.41) is 12.8. The molecule has 1 aliphatic rings. The first kappa shape index (κ1) is 14.7. The van der Waals surface area contributed by atoms with E-state index in [9.17, 15) is 9.90 Å². The molecule has 2 atom stereocenters. The summed E-state index contributed by atoms with van der Waals surface area (Å²) >= 11 is 0. The molecule has 5 heteroatoms. The first-order valence-electron chi connectivity index (χ1n) is 7.01. The molecule has 5 nitrogen and oxygen atoms in total. The van der Waals surface area contributed by atoms with Gasteiger partial charge in [-0.25, -0.2) is 0 Å². The molecule has 0 spiro atoms. The topological polar surface area (TPSA) is 84.6 Å². The van der Waals surface area contributed by atoms with Gasteiger partial charge < -0.3 is 20.9 Å². The lowest BCUT2D eigenvalue weighted by molar-refractivity contribution is 0.0663. The molecule has 4 N–H and O–H groups in total. The number of carbonyl (C=O) groups excluding carboxylic acids is 1. The number of nitrogen functional groups attached to an aromatic ring is 1. The lowest BCUT2D eigenvalue weighted by atomic mass is 9.86. The third kappa shape index (κ3) is 3.42. The fourth-order valence-electron chi connectivity index (χ4n) is 2.60. The van der Waals surface area contributed by atoms with Gasteiger partial charge in [0.05, 0.1) is 18.9 Å². The Bertz CT molecular complexity index is 476. The Hall–Kier alpha value is -1.75. The number of rotatable bonds is 4. The quantitative estimate of drug-likeness (QED) is 0.730. The molecule has 0 saturated heterocycles. The van der Waals surface area contributed by atoms with Gasteiger partial charge in [-0.05, 0) is 31.0 Å². The molecule has 0 bridgehead atoms. The molecule has 0 aromatic heterocycles. The van der Waals surface area contributed by atoms with Gasteiger partial charge in [-0.3, -0.25) is 4.79 Å². The highest BCUT2D eigenvalue weighted by Gasteiger charge is 2.23. The average Bonchev–Trinajstić information content (AvgIpc) is 2.46. The Morgan fingerprint density at radius 3 is 2.90 bits per heavy atom. The van der Waals surface area contributed by atoms with Crippen LogP contribution in [0.2, 0.25) is 0 Å². The van der Waals surface area contributed by atoms with E-state index < -0.39 is 0 Å². The number of benzene rings is 1. The van der Waals surface area contributed by atoms with Crippen molar-refractivity contribution >= 4 is 11.6 Å². The fourth-order valence-corrected chi connectivity index (χ4v) is 2.60. The van der Waals surface area contributed by atoms with E-state index in [4.69, 9.17) is 10.5 Å². The Kier molecular flexibility index (Phi) is 4.84. The minimum Gasteiger partial charge on any atom is -0.495 e. The van der Waals surface area contributed by atoms with Crippen LogP contribution in [0.5, 0.6) is 5.75 Å². The van der Waals surface area contributed by atoms with Crippen molar-refractivity contribution < 1.29 is 14.6 Å². The molecule has 110 valence electrons. The third-order valence-corrected chi connectivity index (χ3v) is 3.89. The summed E-state index contributed by atoms with van der Waals surface area (Å²) in [6.07, 6.45) is 3.68. The van der Waals surface area contributed by atoms with Crippen LogP contribution in [-0.4, -0.2) is 30.8 Å². The van der Waals surface area contributed by atoms with Crippen LogP contribution in [-0.2, 0) is 0 Å². The standard InChI is InChI=1S/C15H22N2O3/c1-20-14-8-10(6-7-12(14)16)15(19)17-9-11-4-2-3-5-13(11)18/h6-8,11,13,18H,2-5,9,16H2,1H3,(H,17,19). The summed E-state index contributed by atoms with van der Waals surface area (Å²) in [6, 6.07) is 4.95. The molecule has 2 unspecified atom stereocenters. The molecule has 20 heavy (non-hydrogen) atoms. The highest BCUT2D eigenvalue weighted by atomic mass is 16.5. The van der Waals surface area contributed by atoms with Crippen LogP contribution in [0, 0.1) is 5.92 Å². The number of nitrogens with two attached hydrogens (primary N) is 1. The van der Waals surface area contributed by atoms with Crippen LogP contribution in [0.3, 0.4) is 0 Å². The molecule has 0 radical (unpaired) electrons. The number of methoxy groups -OCH3 is 1. The van der Waals surface area contributed by atoms with E-state index in [-0.39, 0.29) is 17.9 Å². The molecule has 1 aliphatic carbocycles. The number of amides is 1. The van der Waals surface area contributed by atoms with E-state index in [1.807, 2.05) is 0 Å². The molecule has 0 heterocycles. The van der Waals surface area contributed by atoms with Crippen molar-refractivity contribution in [3.63, 3.8) is 0 Å². The van der Waals surface area contributed by atoms with Crippen molar-refractivity contribution in [1.82, 2.24) is 5.32 Å². The number of ether oxygens (including phenoxy) is 1. The van der Waals surface area contributed by atoms with E-state index >= 15 is 0 Å². The lowest BCUT2D eigenvalue weighted by Crippen LogP contribution is -2.36. The first-order valence-corrected chi connectivity index (χ1v) is 7.01. The maximum Gasteiger partial charge on any atom is 0.251 e. The van der Waals surface area contributed by atoms with E-state index in [0.29, 0.717) is 23.5 Å². The van der Waals surface area contributed by atoms with Gasteiger partial charge in [-0.15, -0.1) is 0 Å². The predicted molar refractivity (Wildman–Crippen MR) is 77.7 cm³/mol. The number of hydrogen-bond donors (Lipinski definition) is 3. The Labute approximate surface area is 119 Å². The van der Waals surface area contributed by atoms with Gasteiger partial charge in [-0.2, -0.15) is 0 Å². The molecule has 1 amide bonds. The van der Waals surface area contributed by atoms with Gasteiger partial charge in [0.15, 0.2) is 0 Å². The van der Waals surface area contributed by atoms with Crippen molar-refractivity contribution in [3.8, 4) is 5.75 Å². The van der Waals surface area contributed by atoms with Crippen LogP contribution in [0.25, 0.3) is 0 Å². The van der Waals surface area contributed by atoms with Crippen molar-refractivity contribution in [2.24, 2.45) is 5.92 Å². The molecular weight excluding hydrogens is 256 g/mol. The maximum atomic E-state index is 12.1. The molecule has 1 aromatic rings. The Balaban J connectivity index is 1.94. The third-order valence-electron chi connectivity index (χ3n) is 3.89. The Morgan fingerprint density at radius 2 is 2.20 bits per heavy atom. The van der Waals surface area contributed by atoms with E-state index in [0.717, 1.165) is 25.7 Å². The summed E-state index contributed by atoms with van der Waals surface area (Å²) in [4.78, 5) is 12.1. The van der Waals surface area contributed by atoms with Gasteiger partial charge in [0.1, 0.15) is 5.75 Å². The molecule has 2 rings (SSSR count). The van der Waals surface area contributed by atoms with Crippen molar-refractivity contribution in [1.29, 1.82) is 0 Å². The molecular formula is C15H22N2O3. The van der Waals surface area contributed by atoms with Crippen molar-refractivity contribution in [2.45, 2.75) is 31.8 Å². The zero-order valence-corrected chi connectivity index (χ0v) is 11.8. The average molecular weight is 278 g/mol. The smallest absolute Gasteiger partial charge is 0.251 e. The minimum absolute atomic E-state index is 0.156. The summed E-state index contributed by atoms with van der Waals surface area (Å²) in [5.74, 6) is 0.486. The molecule has 0 aliphatic heterocycles. The molecule has 1 saturated carbocycles. The van der Waals surface area contributed by atoms with Crippen molar-refractivity contribution in [3.05, 3.63) is 23.8 Å². The lowest BCUT2D eigenvalue weighted by Gasteiger charge is -2.27. The zero-order chi connectivity index (χ0) is 14.5. The predicted octanol–water partition coefficient (Wildman–Crippen LogP) is 1.56. The largest absolute Gasteiger partial charge is 0.495 e. The normalized spacial score (nSPS) is 22.3. The monoisotopic (exact) mass is 278 g/mol. The zero-order valence-electron chi connectivity index (χ0n) is 11.8. The second-order valence-electron chi connectivity index (χ2n) is 5.28. The van der Waals surface area contributed by atoms with Crippen LogP contribution in [0.1, 0.15) is 36.0 Å². The van der Waals surface area contributed by atoms with E-state index in [1.165, 1.54) is 7.11 Å². The van der Waals surface area contributed by atoms with Gasteiger partial charge >= 0.3 is 0 Å². The summed E-state index contributed by atoms with van der Waals surface area (Å²) in [7, 11) is 1.52. The molecule has 1 aromatic carbocycles.